The summed E-state index contributed by atoms with van der Waals surface area (Å²) in [6.07, 6.45) is 3.00. The Labute approximate surface area is 114 Å². The van der Waals surface area contributed by atoms with E-state index in [0.29, 0.717) is 5.02 Å². The van der Waals surface area contributed by atoms with E-state index >= 15 is 0 Å². The fraction of sp³-hybridized carbons (Fsp3) is 0.571. The highest BCUT2D eigenvalue weighted by Gasteiger charge is 2.31. The third kappa shape index (κ3) is 3.16. The van der Waals surface area contributed by atoms with Gasteiger partial charge in [-0.15, -0.1) is 0 Å². The summed E-state index contributed by atoms with van der Waals surface area (Å²) in [6.45, 7) is 2.23. The second kappa shape index (κ2) is 5.91. The van der Waals surface area contributed by atoms with Gasteiger partial charge in [-0.05, 0) is 45.0 Å². The summed E-state index contributed by atoms with van der Waals surface area (Å²) in [6, 6.07) is 7.72. The molecule has 4 heteroatoms. The number of para-hydroxylation sites is 1. The monoisotopic (exact) mass is 268 g/mol. The van der Waals surface area contributed by atoms with E-state index in [9.17, 15) is 5.11 Å². The van der Waals surface area contributed by atoms with E-state index in [4.69, 9.17) is 11.6 Å². The van der Waals surface area contributed by atoms with E-state index in [1.165, 1.54) is 0 Å². The maximum absolute atomic E-state index is 9.78. The van der Waals surface area contributed by atoms with Gasteiger partial charge in [0.1, 0.15) is 0 Å². The average molecular weight is 269 g/mol. The van der Waals surface area contributed by atoms with E-state index in [2.05, 4.69) is 17.3 Å². The fourth-order valence-electron chi connectivity index (χ4n) is 2.50. The Morgan fingerprint density at radius 1 is 1.33 bits per heavy atom. The van der Waals surface area contributed by atoms with Gasteiger partial charge in [-0.2, -0.15) is 0 Å². The summed E-state index contributed by atoms with van der Waals surface area (Å²) >= 11 is 6.18. The van der Waals surface area contributed by atoms with Crippen molar-refractivity contribution >= 4 is 17.3 Å². The van der Waals surface area contributed by atoms with E-state index in [-0.39, 0.29) is 12.1 Å². The molecule has 1 aliphatic rings. The second-order valence-electron chi connectivity index (χ2n) is 5.20. The molecule has 1 unspecified atom stereocenters. The van der Waals surface area contributed by atoms with Crippen LogP contribution in [-0.4, -0.2) is 42.3 Å². The van der Waals surface area contributed by atoms with Crippen LogP contribution in [0.4, 0.5) is 5.69 Å². The Morgan fingerprint density at radius 3 is 2.83 bits per heavy atom. The molecule has 0 aliphatic carbocycles. The molecule has 1 aromatic carbocycles. The van der Waals surface area contributed by atoms with Gasteiger partial charge < -0.3 is 15.3 Å². The predicted octanol–water partition coefficient (Wildman–Crippen LogP) is 2.60. The largest absolute Gasteiger partial charge is 0.394 e. The molecule has 1 heterocycles. The molecule has 100 valence electrons. The van der Waals surface area contributed by atoms with Crippen molar-refractivity contribution in [1.82, 2.24) is 4.90 Å². The lowest BCUT2D eigenvalue weighted by atomic mass is 9.91. The van der Waals surface area contributed by atoms with Crippen molar-refractivity contribution < 1.29 is 5.11 Å². The van der Waals surface area contributed by atoms with Gasteiger partial charge in [-0.1, -0.05) is 23.7 Å². The van der Waals surface area contributed by atoms with Crippen molar-refractivity contribution in [3.05, 3.63) is 29.3 Å². The van der Waals surface area contributed by atoms with Gasteiger partial charge in [0.05, 0.1) is 22.9 Å². The molecule has 0 spiro atoms. The first-order chi connectivity index (χ1) is 8.65. The van der Waals surface area contributed by atoms with Gasteiger partial charge in [-0.25, -0.2) is 0 Å². The number of aliphatic hydroxyl groups excluding tert-OH is 1. The lowest BCUT2D eigenvalue weighted by molar-refractivity contribution is 0.195. The summed E-state index contributed by atoms with van der Waals surface area (Å²) < 4.78 is 0. The van der Waals surface area contributed by atoms with E-state index < -0.39 is 0 Å². The first-order valence-corrected chi connectivity index (χ1v) is 6.85. The molecule has 2 N–H and O–H groups in total. The van der Waals surface area contributed by atoms with Gasteiger partial charge >= 0.3 is 0 Å². The molecule has 1 aromatic rings. The number of nitrogens with one attached hydrogen (secondary N) is 1. The number of anilines is 1. The summed E-state index contributed by atoms with van der Waals surface area (Å²) in [7, 11) is 2.13. The zero-order valence-electron chi connectivity index (χ0n) is 10.8. The van der Waals surface area contributed by atoms with Crippen molar-refractivity contribution in [3.63, 3.8) is 0 Å². The number of aliphatic hydroxyl groups is 1. The Kier molecular flexibility index (Phi) is 4.49. The minimum Gasteiger partial charge on any atom is -0.394 e. The van der Waals surface area contributed by atoms with Crippen molar-refractivity contribution in [2.45, 2.75) is 24.8 Å². The zero-order chi connectivity index (χ0) is 13.0. The van der Waals surface area contributed by atoms with Crippen LogP contribution in [0.1, 0.15) is 19.3 Å². The number of hydrogen-bond donors (Lipinski definition) is 2. The Bertz CT molecular complexity index is 399. The zero-order valence-corrected chi connectivity index (χ0v) is 11.6. The summed E-state index contributed by atoms with van der Waals surface area (Å²) in [5.74, 6) is 0. The lowest BCUT2D eigenvalue weighted by Crippen LogP contribution is -2.43. The third-order valence-corrected chi connectivity index (χ3v) is 4.07. The number of benzene rings is 1. The molecule has 2 rings (SSSR count). The van der Waals surface area contributed by atoms with E-state index in [0.717, 1.165) is 38.0 Å². The standard InChI is InChI=1S/C14H21ClN2O/c1-17-9-4-7-14(11-18,8-10-17)16-13-6-3-2-5-12(13)15/h2-3,5-6,16,18H,4,7-11H2,1H3. The van der Waals surface area contributed by atoms with Crippen LogP contribution in [0, 0.1) is 0 Å². The molecule has 1 fully saturated rings. The van der Waals surface area contributed by atoms with Crippen molar-refractivity contribution in [3.8, 4) is 0 Å². The molecular formula is C14H21ClN2O. The van der Waals surface area contributed by atoms with E-state index in [1.54, 1.807) is 0 Å². The average Bonchev–Trinajstić information content (AvgIpc) is 2.56. The van der Waals surface area contributed by atoms with Gasteiger partial charge in [0.25, 0.3) is 0 Å². The van der Waals surface area contributed by atoms with Crippen LogP contribution in [0.2, 0.25) is 5.02 Å². The van der Waals surface area contributed by atoms with Crippen LogP contribution < -0.4 is 5.32 Å². The Hall–Kier alpha value is -0.770. The van der Waals surface area contributed by atoms with Crippen molar-refractivity contribution in [2.24, 2.45) is 0 Å². The van der Waals surface area contributed by atoms with Crippen LogP contribution in [0.3, 0.4) is 0 Å². The number of nitrogens with zero attached hydrogens (tertiary/aromatic N) is 1. The van der Waals surface area contributed by atoms with Gasteiger partial charge in [0, 0.05) is 6.54 Å². The molecular weight excluding hydrogens is 248 g/mol. The maximum Gasteiger partial charge on any atom is 0.0662 e. The number of likely N-dealkylation sites (tertiary alicyclic amines) is 1. The molecule has 3 nitrogen and oxygen atoms in total. The summed E-state index contributed by atoms with van der Waals surface area (Å²) in [4.78, 5) is 2.31. The topological polar surface area (TPSA) is 35.5 Å². The Balaban J connectivity index is 2.15. The highest BCUT2D eigenvalue weighted by atomic mass is 35.5. The van der Waals surface area contributed by atoms with Gasteiger partial charge in [0.15, 0.2) is 0 Å². The second-order valence-corrected chi connectivity index (χ2v) is 5.61. The quantitative estimate of drug-likeness (QED) is 0.885. The van der Waals surface area contributed by atoms with Crippen LogP contribution in [0.5, 0.6) is 0 Å². The first kappa shape index (κ1) is 13.7. The van der Waals surface area contributed by atoms with Crippen LogP contribution in [0.25, 0.3) is 0 Å². The normalized spacial score (nSPS) is 25.7. The SMILES string of the molecule is CN1CCCC(CO)(Nc2ccccc2Cl)CC1. The number of hydrogen-bond acceptors (Lipinski definition) is 3. The van der Waals surface area contributed by atoms with Crippen LogP contribution in [0.15, 0.2) is 24.3 Å². The minimum atomic E-state index is -0.240. The smallest absolute Gasteiger partial charge is 0.0662 e. The molecule has 0 bridgehead atoms. The maximum atomic E-state index is 9.78. The third-order valence-electron chi connectivity index (χ3n) is 3.74. The molecule has 1 atom stereocenters. The molecule has 0 saturated carbocycles. The number of rotatable bonds is 3. The highest BCUT2D eigenvalue weighted by molar-refractivity contribution is 6.33. The first-order valence-electron chi connectivity index (χ1n) is 6.47. The van der Waals surface area contributed by atoms with Crippen LogP contribution in [-0.2, 0) is 0 Å². The predicted molar refractivity (Wildman–Crippen MR) is 76.2 cm³/mol. The van der Waals surface area contributed by atoms with Crippen LogP contribution >= 0.6 is 11.6 Å². The summed E-state index contributed by atoms with van der Waals surface area (Å²) in [5.41, 5.74) is 0.674. The molecule has 18 heavy (non-hydrogen) atoms. The number of halogens is 1. The fourth-order valence-corrected chi connectivity index (χ4v) is 2.68. The molecule has 1 saturated heterocycles. The highest BCUT2D eigenvalue weighted by Crippen LogP contribution is 2.30. The van der Waals surface area contributed by atoms with Gasteiger partial charge in [0.2, 0.25) is 0 Å². The molecule has 0 radical (unpaired) electrons. The molecule has 1 aliphatic heterocycles. The van der Waals surface area contributed by atoms with Gasteiger partial charge in [-0.3, -0.25) is 0 Å². The van der Waals surface area contributed by atoms with E-state index in [1.807, 2.05) is 24.3 Å². The molecule has 0 amide bonds. The van der Waals surface area contributed by atoms with Crippen molar-refractivity contribution in [2.75, 3.05) is 32.1 Å². The van der Waals surface area contributed by atoms with Crippen molar-refractivity contribution in [1.29, 1.82) is 0 Å². The lowest BCUT2D eigenvalue weighted by Gasteiger charge is -2.33. The minimum absolute atomic E-state index is 0.145. The summed E-state index contributed by atoms with van der Waals surface area (Å²) in [5, 5.41) is 14.0. The Morgan fingerprint density at radius 2 is 2.11 bits per heavy atom. The molecule has 0 aromatic heterocycles.